The highest BCUT2D eigenvalue weighted by Gasteiger charge is 2.24. The summed E-state index contributed by atoms with van der Waals surface area (Å²) in [6.45, 7) is 2.43. The second kappa shape index (κ2) is 6.71. The van der Waals surface area contributed by atoms with Crippen LogP contribution in [0.25, 0.3) is 0 Å². The zero-order chi connectivity index (χ0) is 15.5. The Hall–Kier alpha value is -1.52. The van der Waals surface area contributed by atoms with Crippen molar-refractivity contribution in [1.82, 2.24) is 14.7 Å². The van der Waals surface area contributed by atoms with Crippen molar-refractivity contribution in [1.29, 1.82) is 0 Å². The Bertz CT molecular complexity index is 629. The maximum atomic E-state index is 12.5. The van der Waals surface area contributed by atoms with Crippen LogP contribution in [0.15, 0.2) is 36.7 Å². The summed E-state index contributed by atoms with van der Waals surface area (Å²) in [7, 11) is 0. The minimum absolute atomic E-state index is 0.00180. The van der Waals surface area contributed by atoms with Gasteiger partial charge in [-0.05, 0) is 43.0 Å². The maximum absolute atomic E-state index is 12.5. The fraction of sp³-hybridized carbons (Fsp3) is 0.375. The van der Waals surface area contributed by atoms with Gasteiger partial charge in [0.15, 0.2) is 0 Å². The number of rotatable bonds is 3. The lowest BCUT2D eigenvalue weighted by Gasteiger charge is -2.32. The molecule has 4 nitrogen and oxygen atoms in total. The number of hydrogen-bond acceptors (Lipinski definition) is 2. The number of amides is 1. The molecule has 1 aliphatic heterocycles. The fourth-order valence-electron chi connectivity index (χ4n) is 2.85. The van der Waals surface area contributed by atoms with Gasteiger partial charge < -0.3 is 4.90 Å². The molecule has 0 spiro atoms. The second-order valence-electron chi connectivity index (χ2n) is 5.62. The molecule has 1 aromatic heterocycles. The molecule has 2 aromatic rings. The Morgan fingerprint density at radius 1 is 1.18 bits per heavy atom. The Kier molecular flexibility index (Phi) is 4.69. The van der Waals surface area contributed by atoms with Gasteiger partial charge in [-0.15, -0.1) is 0 Å². The van der Waals surface area contributed by atoms with Gasteiger partial charge in [0.05, 0.1) is 0 Å². The van der Waals surface area contributed by atoms with E-state index >= 15 is 0 Å². The van der Waals surface area contributed by atoms with E-state index in [4.69, 9.17) is 23.2 Å². The summed E-state index contributed by atoms with van der Waals surface area (Å²) in [6.07, 6.45) is 5.74. The summed E-state index contributed by atoms with van der Waals surface area (Å²) in [6, 6.07) is 6.91. The highest BCUT2D eigenvalue weighted by molar-refractivity contribution is 6.35. The maximum Gasteiger partial charge on any atom is 0.253 e. The third-order valence-corrected chi connectivity index (χ3v) is 4.45. The molecule has 0 aliphatic carbocycles. The molecule has 0 atom stereocenters. The number of benzene rings is 1. The minimum Gasteiger partial charge on any atom is -0.339 e. The third kappa shape index (κ3) is 3.62. The van der Waals surface area contributed by atoms with Crippen molar-refractivity contribution in [3.8, 4) is 0 Å². The number of likely N-dealkylation sites (tertiary alicyclic amines) is 1. The second-order valence-corrected chi connectivity index (χ2v) is 6.49. The number of carbonyl (C=O) groups excluding carboxylic acids is 1. The number of carbonyl (C=O) groups is 1. The first-order valence-electron chi connectivity index (χ1n) is 7.34. The van der Waals surface area contributed by atoms with Crippen LogP contribution in [0, 0.1) is 5.92 Å². The van der Waals surface area contributed by atoms with Gasteiger partial charge in [0, 0.05) is 47.6 Å². The van der Waals surface area contributed by atoms with Crippen molar-refractivity contribution in [2.75, 3.05) is 13.1 Å². The predicted octanol–water partition coefficient (Wildman–Crippen LogP) is 3.74. The largest absolute Gasteiger partial charge is 0.339 e. The molecule has 1 saturated heterocycles. The van der Waals surface area contributed by atoms with Gasteiger partial charge in [0.2, 0.25) is 0 Å². The summed E-state index contributed by atoms with van der Waals surface area (Å²) in [5.41, 5.74) is 0.558. The first-order chi connectivity index (χ1) is 10.6. The van der Waals surface area contributed by atoms with E-state index in [1.807, 2.05) is 21.8 Å². The molecule has 1 aromatic carbocycles. The van der Waals surface area contributed by atoms with E-state index < -0.39 is 0 Å². The molecule has 0 radical (unpaired) electrons. The summed E-state index contributed by atoms with van der Waals surface area (Å²) in [5, 5.41) is 5.22. The van der Waals surface area contributed by atoms with Crippen molar-refractivity contribution in [3.05, 3.63) is 52.3 Å². The van der Waals surface area contributed by atoms with Gasteiger partial charge in [-0.25, -0.2) is 0 Å². The number of aromatic nitrogens is 2. The Labute approximate surface area is 139 Å². The van der Waals surface area contributed by atoms with Gasteiger partial charge in [-0.1, -0.05) is 23.2 Å². The molecule has 1 fully saturated rings. The van der Waals surface area contributed by atoms with E-state index in [1.165, 1.54) is 0 Å². The molecule has 0 N–H and O–H groups in total. The van der Waals surface area contributed by atoms with E-state index in [0.29, 0.717) is 21.5 Å². The van der Waals surface area contributed by atoms with Gasteiger partial charge in [0.1, 0.15) is 0 Å². The molecular formula is C16H17Cl2N3O. The molecule has 0 bridgehead atoms. The molecule has 1 aliphatic rings. The van der Waals surface area contributed by atoms with Crippen molar-refractivity contribution < 1.29 is 4.79 Å². The Morgan fingerprint density at radius 2 is 1.86 bits per heavy atom. The quantitative estimate of drug-likeness (QED) is 0.855. The Balaban J connectivity index is 1.59. The molecule has 6 heteroatoms. The topological polar surface area (TPSA) is 38.1 Å². The van der Waals surface area contributed by atoms with Crippen LogP contribution in [0.1, 0.15) is 23.2 Å². The molecule has 1 amide bonds. The number of piperidine rings is 1. The molecule has 22 heavy (non-hydrogen) atoms. The molecule has 0 unspecified atom stereocenters. The molecule has 116 valence electrons. The highest BCUT2D eigenvalue weighted by Crippen LogP contribution is 2.23. The number of hydrogen-bond donors (Lipinski definition) is 0. The van der Waals surface area contributed by atoms with Crippen LogP contribution < -0.4 is 0 Å². The molecule has 0 saturated carbocycles. The predicted molar refractivity (Wildman–Crippen MR) is 87.3 cm³/mol. The average molecular weight is 338 g/mol. The smallest absolute Gasteiger partial charge is 0.253 e. The van der Waals surface area contributed by atoms with Gasteiger partial charge >= 0.3 is 0 Å². The SMILES string of the molecule is O=C(c1cc(Cl)cc(Cl)c1)N1CCC(Cn2cccn2)CC1. The van der Waals surface area contributed by atoms with Gasteiger partial charge in [-0.3, -0.25) is 9.48 Å². The summed E-state index contributed by atoms with van der Waals surface area (Å²) >= 11 is 11.9. The monoisotopic (exact) mass is 337 g/mol. The van der Waals surface area contributed by atoms with E-state index in [0.717, 1.165) is 32.5 Å². The fourth-order valence-corrected chi connectivity index (χ4v) is 3.38. The summed E-state index contributed by atoms with van der Waals surface area (Å²) < 4.78 is 1.96. The van der Waals surface area contributed by atoms with Gasteiger partial charge in [0.25, 0.3) is 5.91 Å². The summed E-state index contributed by atoms with van der Waals surface area (Å²) in [5.74, 6) is 0.564. The van der Waals surface area contributed by atoms with E-state index in [-0.39, 0.29) is 5.91 Å². The molecule has 3 rings (SSSR count). The normalized spacial score (nSPS) is 16.0. The third-order valence-electron chi connectivity index (χ3n) is 4.02. The number of halogens is 2. The standard InChI is InChI=1S/C16H17Cl2N3O/c17-14-8-13(9-15(18)10-14)16(22)20-6-2-12(3-7-20)11-21-5-1-4-19-21/h1,4-5,8-10,12H,2-3,6-7,11H2. The van der Waals surface area contributed by atoms with Crippen LogP contribution >= 0.6 is 23.2 Å². The average Bonchev–Trinajstić information content (AvgIpc) is 2.99. The van der Waals surface area contributed by atoms with Crippen LogP contribution in [0.5, 0.6) is 0 Å². The minimum atomic E-state index is 0.00180. The van der Waals surface area contributed by atoms with Crippen LogP contribution in [0.2, 0.25) is 10.0 Å². The number of nitrogens with zero attached hydrogens (tertiary/aromatic N) is 3. The zero-order valence-corrected chi connectivity index (χ0v) is 13.6. The van der Waals surface area contributed by atoms with Crippen molar-refractivity contribution in [2.24, 2.45) is 5.92 Å². The molecule has 2 heterocycles. The lowest BCUT2D eigenvalue weighted by Crippen LogP contribution is -2.39. The van der Waals surface area contributed by atoms with Crippen LogP contribution in [0.3, 0.4) is 0 Å². The van der Waals surface area contributed by atoms with Crippen molar-refractivity contribution in [2.45, 2.75) is 19.4 Å². The van der Waals surface area contributed by atoms with E-state index in [1.54, 1.807) is 24.4 Å². The van der Waals surface area contributed by atoms with Crippen molar-refractivity contribution >= 4 is 29.1 Å². The summed E-state index contributed by atoms with van der Waals surface area (Å²) in [4.78, 5) is 14.4. The lowest BCUT2D eigenvalue weighted by molar-refractivity contribution is 0.0681. The Morgan fingerprint density at radius 3 is 2.45 bits per heavy atom. The van der Waals surface area contributed by atoms with E-state index in [9.17, 15) is 4.79 Å². The first-order valence-corrected chi connectivity index (χ1v) is 8.10. The van der Waals surface area contributed by atoms with Crippen LogP contribution in [-0.2, 0) is 6.54 Å². The first kappa shape index (κ1) is 15.4. The van der Waals surface area contributed by atoms with E-state index in [2.05, 4.69) is 5.10 Å². The van der Waals surface area contributed by atoms with Crippen molar-refractivity contribution in [3.63, 3.8) is 0 Å². The van der Waals surface area contributed by atoms with Crippen LogP contribution in [-0.4, -0.2) is 33.7 Å². The van der Waals surface area contributed by atoms with Crippen LogP contribution in [0.4, 0.5) is 0 Å². The van der Waals surface area contributed by atoms with Gasteiger partial charge in [-0.2, -0.15) is 5.10 Å². The lowest BCUT2D eigenvalue weighted by atomic mass is 9.96. The zero-order valence-electron chi connectivity index (χ0n) is 12.1. The highest BCUT2D eigenvalue weighted by atomic mass is 35.5. The molecular weight excluding hydrogens is 321 g/mol.